The minimum absolute atomic E-state index is 0.601. The smallest absolute Gasteiger partial charge is 0.0589 e. The van der Waals surface area contributed by atoms with Crippen molar-refractivity contribution in [1.82, 2.24) is 4.90 Å². The molecule has 0 aliphatic heterocycles. The summed E-state index contributed by atoms with van der Waals surface area (Å²) in [5.41, 5.74) is 0.601. The Labute approximate surface area is 89.8 Å². The highest BCUT2D eigenvalue weighted by molar-refractivity contribution is 9.09. The lowest BCUT2D eigenvalue weighted by molar-refractivity contribution is 0.140. The minimum Gasteiger partial charge on any atom is -0.383 e. The third-order valence-electron chi connectivity index (χ3n) is 2.86. The van der Waals surface area contributed by atoms with Gasteiger partial charge >= 0.3 is 0 Å². The van der Waals surface area contributed by atoms with Gasteiger partial charge in [0.05, 0.1) is 6.61 Å². The minimum atomic E-state index is 0.601. The molecule has 0 N–H and O–H groups in total. The zero-order chi connectivity index (χ0) is 9.73. The van der Waals surface area contributed by atoms with E-state index in [-0.39, 0.29) is 0 Å². The van der Waals surface area contributed by atoms with Crippen LogP contribution in [0.4, 0.5) is 0 Å². The standard InChI is InChI=1S/C10H20BrNO/c1-3-12(6-7-13-2)9-10(8-11)4-5-10/h3-9H2,1-2H3. The molecular formula is C10H20BrNO. The van der Waals surface area contributed by atoms with Gasteiger partial charge in [0.25, 0.3) is 0 Å². The summed E-state index contributed by atoms with van der Waals surface area (Å²) in [5.74, 6) is 0. The maximum Gasteiger partial charge on any atom is 0.0589 e. The summed E-state index contributed by atoms with van der Waals surface area (Å²) in [6, 6.07) is 0. The van der Waals surface area contributed by atoms with E-state index in [1.165, 1.54) is 19.4 Å². The van der Waals surface area contributed by atoms with E-state index in [1.807, 2.05) is 0 Å². The number of halogens is 1. The molecule has 1 aliphatic rings. The monoisotopic (exact) mass is 249 g/mol. The summed E-state index contributed by atoms with van der Waals surface area (Å²) < 4.78 is 5.09. The zero-order valence-corrected chi connectivity index (χ0v) is 10.3. The molecule has 0 spiro atoms. The maximum atomic E-state index is 5.09. The molecule has 78 valence electrons. The number of hydrogen-bond acceptors (Lipinski definition) is 2. The normalized spacial score (nSPS) is 19.4. The molecule has 0 saturated heterocycles. The molecule has 13 heavy (non-hydrogen) atoms. The fourth-order valence-corrected chi connectivity index (χ4v) is 2.29. The second kappa shape index (κ2) is 5.32. The fraction of sp³-hybridized carbons (Fsp3) is 1.00. The van der Waals surface area contributed by atoms with E-state index in [2.05, 4.69) is 27.8 Å². The first kappa shape index (κ1) is 11.5. The van der Waals surface area contributed by atoms with Gasteiger partial charge in [-0.2, -0.15) is 0 Å². The first-order chi connectivity index (χ1) is 6.26. The van der Waals surface area contributed by atoms with Crippen LogP contribution in [0, 0.1) is 5.41 Å². The number of alkyl halides is 1. The Kier molecular flexibility index (Phi) is 4.70. The van der Waals surface area contributed by atoms with Gasteiger partial charge in [0.1, 0.15) is 0 Å². The number of rotatable bonds is 7. The first-order valence-electron chi connectivity index (χ1n) is 5.03. The molecule has 1 aliphatic carbocycles. The molecule has 0 aromatic heterocycles. The summed E-state index contributed by atoms with van der Waals surface area (Å²) in [4.78, 5) is 2.48. The topological polar surface area (TPSA) is 12.5 Å². The highest BCUT2D eigenvalue weighted by atomic mass is 79.9. The average Bonchev–Trinajstić information content (AvgIpc) is 2.93. The Balaban J connectivity index is 2.22. The largest absolute Gasteiger partial charge is 0.383 e. The molecule has 0 unspecified atom stereocenters. The molecule has 0 radical (unpaired) electrons. The van der Waals surface area contributed by atoms with E-state index in [9.17, 15) is 0 Å². The molecule has 3 heteroatoms. The average molecular weight is 250 g/mol. The number of ether oxygens (including phenoxy) is 1. The van der Waals surface area contributed by atoms with Gasteiger partial charge in [0.2, 0.25) is 0 Å². The molecule has 0 aromatic carbocycles. The molecule has 0 aromatic rings. The van der Waals surface area contributed by atoms with Crippen LogP contribution in [0.15, 0.2) is 0 Å². The first-order valence-corrected chi connectivity index (χ1v) is 6.16. The summed E-state index contributed by atoms with van der Waals surface area (Å²) in [6.45, 7) is 6.52. The summed E-state index contributed by atoms with van der Waals surface area (Å²) >= 11 is 3.60. The van der Waals surface area contributed by atoms with Crippen LogP contribution in [0.25, 0.3) is 0 Å². The third kappa shape index (κ3) is 3.56. The summed E-state index contributed by atoms with van der Waals surface area (Å²) in [6.07, 6.45) is 2.78. The second-order valence-electron chi connectivity index (χ2n) is 4.00. The lowest BCUT2D eigenvalue weighted by Gasteiger charge is -2.24. The predicted molar refractivity (Wildman–Crippen MR) is 59.5 cm³/mol. The molecular weight excluding hydrogens is 230 g/mol. The number of methoxy groups -OCH3 is 1. The Morgan fingerprint density at radius 2 is 2.15 bits per heavy atom. The number of hydrogen-bond donors (Lipinski definition) is 0. The molecule has 0 atom stereocenters. The molecule has 0 amide bonds. The van der Waals surface area contributed by atoms with Crippen molar-refractivity contribution in [2.75, 3.05) is 38.7 Å². The van der Waals surface area contributed by atoms with Gasteiger partial charge in [0.15, 0.2) is 0 Å². The van der Waals surface area contributed by atoms with Crippen LogP contribution in [-0.2, 0) is 4.74 Å². The van der Waals surface area contributed by atoms with Crippen molar-refractivity contribution in [2.45, 2.75) is 19.8 Å². The van der Waals surface area contributed by atoms with E-state index in [0.29, 0.717) is 5.41 Å². The van der Waals surface area contributed by atoms with Crippen molar-refractivity contribution in [2.24, 2.45) is 5.41 Å². The van der Waals surface area contributed by atoms with Gasteiger partial charge in [0, 0.05) is 25.5 Å². The van der Waals surface area contributed by atoms with Gasteiger partial charge in [-0.15, -0.1) is 0 Å². The van der Waals surface area contributed by atoms with E-state index in [0.717, 1.165) is 25.0 Å². The number of likely N-dealkylation sites (N-methyl/N-ethyl adjacent to an activating group) is 1. The van der Waals surface area contributed by atoms with E-state index < -0.39 is 0 Å². The van der Waals surface area contributed by atoms with E-state index in [1.54, 1.807) is 7.11 Å². The van der Waals surface area contributed by atoms with E-state index in [4.69, 9.17) is 4.74 Å². The van der Waals surface area contributed by atoms with Gasteiger partial charge < -0.3 is 9.64 Å². The quantitative estimate of drug-likeness (QED) is 0.642. The van der Waals surface area contributed by atoms with Crippen LogP contribution >= 0.6 is 15.9 Å². The number of nitrogens with zero attached hydrogens (tertiary/aromatic N) is 1. The van der Waals surface area contributed by atoms with Crippen molar-refractivity contribution in [3.05, 3.63) is 0 Å². The Bertz CT molecular complexity index is 148. The fourth-order valence-electron chi connectivity index (χ4n) is 1.55. The molecule has 1 saturated carbocycles. The molecule has 2 nitrogen and oxygen atoms in total. The van der Waals surface area contributed by atoms with Crippen molar-refractivity contribution < 1.29 is 4.74 Å². The highest BCUT2D eigenvalue weighted by Gasteiger charge is 2.42. The Hall–Kier alpha value is 0.400. The SMILES string of the molecule is CCN(CCOC)CC1(CBr)CC1. The highest BCUT2D eigenvalue weighted by Crippen LogP contribution is 2.47. The summed E-state index contributed by atoms with van der Waals surface area (Å²) in [5, 5.41) is 1.16. The molecule has 0 bridgehead atoms. The van der Waals surface area contributed by atoms with Gasteiger partial charge in [-0.3, -0.25) is 0 Å². The molecule has 1 rings (SSSR count). The Morgan fingerprint density at radius 3 is 2.54 bits per heavy atom. The lowest BCUT2D eigenvalue weighted by atomic mass is 10.1. The van der Waals surface area contributed by atoms with Crippen LogP contribution in [0.3, 0.4) is 0 Å². The Morgan fingerprint density at radius 1 is 1.46 bits per heavy atom. The second-order valence-corrected chi connectivity index (χ2v) is 4.56. The van der Waals surface area contributed by atoms with Gasteiger partial charge in [-0.05, 0) is 24.8 Å². The lowest BCUT2D eigenvalue weighted by Crippen LogP contribution is -2.33. The molecule has 0 heterocycles. The van der Waals surface area contributed by atoms with E-state index >= 15 is 0 Å². The molecule has 1 fully saturated rings. The van der Waals surface area contributed by atoms with Crippen LogP contribution < -0.4 is 0 Å². The van der Waals surface area contributed by atoms with Crippen LogP contribution in [-0.4, -0.2) is 43.6 Å². The summed E-state index contributed by atoms with van der Waals surface area (Å²) in [7, 11) is 1.77. The van der Waals surface area contributed by atoms with Crippen LogP contribution in [0.1, 0.15) is 19.8 Å². The van der Waals surface area contributed by atoms with Crippen LogP contribution in [0.5, 0.6) is 0 Å². The maximum absolute atomic E-state index is 5.09. The van der Waals surface area contributed by atoms with Crippen molar-refractivity contribution in [3.63, 3.8) is 0 Å². The predicted octanol–water partition coefficient (Wildman–Crippen LogP) is 2.13. The zero-order valence-electron chi connectivity index (χ0n) is 8.68. The van der Waals surface area contributed by atoms with Crippen molar-refractivity contribution in [3.8, 4) is 0 Å². The van der Waals surface area contributed by atoms with Gasteiger partial charge in [-0.1, -0.05) is 22.9 Å². The van der Waals surface area contributed by atoms with Crippen molar-refractivity contribution in [1.29, 1.82) is 0 Å². The van der Waals surface area contributed by atoms with Crippen LogP contribution in [0.2, 0.25) is 0 Å². The third-order valence-corrected chi connectivity index (χ3v) is 4.05. The van der Waals surface area contributed by atoms with Gasteiger partial charge in [-0.25, -0.2) is 0 Å². The van der Waals surface area contributed by atoms with Crippen molar-refractivity contribution >= 4 is 15.9 Å².